The molecule has 1 atom stereocenters. The third-order valence-corrected chi connectivity index (χ3v) is 3.44. The first kappa shape index (κ1) is 11.2. The molecule has 0 saturated carbocycles. The molecule has 1 unspecified atom stereocenters. The molecule has 1 N–H and O–H groups in total. The fourth-order valence-electron chi connectivity index (χ4n) is 1.58. The van der Waals surface area contributed by atoms with E-state index in [0.29, 0.717) is 0 Å². The monoisotopic (exact) mass is 233 g/mol. The van der Waals surface area contributed by atoms with Gasteiger partial charge in [0.1, 0.15) is 6.10 Å². The smallest absolute Gasteiger partial charge is 0.113 e. The predicted molar refractivity (Wildman–Crippen MR) is 69.1 cm³/mol. The fraction of sp³-hybridized carbons (Fsp3) is 0.231. The SMILES string of the molecule is CN(C)c1cccc(C(O)c2cccs2)c1. The van der Waals surface area contributed by atoms with E-state index in [4.69, 9.17) is 0 Å². The van der Waals surface area contributed by atoms with Crippen molar-refractivity contribution < 1.29 is 5.11 Å². The van der Waals surface area contributed by atoms with Crippen LogP contribution in [0.1, 0.15) is 16.5 Å². The summed E-state index contributed by atoms with van der Waals surface area (Å²) in [5.41, 5.74) is 2.04. The minimum atomic E-state index is -0.514. The van der Waals surface area contributed by atoms with E-state index in [1.165, 1.54) is 0 Å². The van der Waals surface area contributed by atoms with Crippen LogP contribution in [0.25, 0.3) is 0 Å². The van der Waals surface area contributed by atoms with Gasteiger partial charge in [0.15, 0.2) is 0 Å². The highest BCUT2D eigenvalue weighted by Crippen LogP contribution is 2.27. The Morgan fingerprint density at radius 2 is 2.00 bits per heavy atom. The Kier molecular flexibility index (Phi) is 3.27. The van der Waals surface area contributed by atoms with Crippen molar-refractivity contribution in [2.24, 2.45) is 0 Å². The quantitative estimate of drug-likeness (QED) is 0.881. The molecular weight excluding hydrogens is 218 g/mol. The van der Waals surface area contributed by atoms with Gasteiger partial charge in [0.2, 0.25) is 0 Å². The second kappa shape index (κ2) is 4.68. The Morgan fingerprint density at radius 3 is 2.62 bits per heavy atom. The lowest BCUT2D eigenvalue weighted by atomic mass is 10.1. The number of nitrogens with zero attached hydrogens (tertiary/aromatic N) is 1. The second-order valence-corrected chi connectivity index (χ2v) is 4.89. The zero-order valence-corrected chi connectivity index (χ0v) is 10.2. The summed E-state index contributed by atoms with van der Waals surface area (Å²) in [5, 5.41) is 12.2. The largest absolute Gasteiger partial charge is 0.383 e. The Labute approximate surface area is 99.8 Å². The standard InChI is InChI=1S/C13H15NOS/c1-14(2)11-6-3-5-10(9-11)13(15)12-7-4-8-16-12/h3-9,13,15H,1-2H3. The fourth-order valence-corrected chi connectivity index (χ4v) is 2.32. The highest BCUT2D eigenvalue weighted by molar-refractivity contribution is 7.10. The summed E-state index contributed by atoms with van der Waals surface area (Å²) in [6.07, 6.45) is -0.514. The normalized spacial score (nSPS) is 12.4. The summed E-state index contributed by atoms with van der Waals surface area (Å²) < 4.78 is 0. The van der Waals surface area contributed by atoms with Gasteiger partial charge < -0.3 is 10.0 Å². The molecule has 1 aromatic heterocycles. The van der Waals surface area contributed by atoms with Crippen LogP contribution in [0.5, 0.6) is 0 Å². The zero-order valence-electron chi connectivity index (χ0n) is 9.42. The number of hydrogen-bond donors (Lipinski definition) is 1. The number of rotatable bonds is 3. The van der Waals surface area contributed by atoms with Crippen LogP contribution in [0.15, 0.2) is 41.8 Å². The highest BCUT2D eigenvalue weighted by atomic mass is 32.1. The van der Waals surface area contributed by atoms with E-state index in [2.05, 4.69) is 0 Å². The maximum absolute atomic E-state index is 10.2. The number of aliphatic hydroxyl groups is 1. The molecule has 0 bridgehead atoms. The number of hydrogen-bond acceptors (Lipinski definition) is 3. The Hall–Kier alpha value is -1.32. The lowest BCUT2D eigenvalue weighted by Gasteiger charge is -2.15. The summed E-state index contributed by atoms with van der Waals surface area (Å²) in [6.45, 7) is 0. The Balaban J connectivity index is 2.30. The molecular formula is C13H15NOS. The summed E-state index contributed by atoms with van der Waals surface area (Å²) in [5.74, 6) is 0. The molecule has 0 aliphatic rings. The average molecular weight is 233 g/mol. The molecule has 16 heavy (non-hydrogen) atoms. The molecule has 0 aliphatic heterocycles. The molecule has 0 radical (unpaired) electrons. The van der Waals surface area contributed by atoms with Gasteiger partial charge in [0.25, 0.3) is 0 Å². The molecule has 1 heterocycles. The number of thiophene rings is 1. The molecule has 0 fully saturated rings. The van der Waals surface area contributed by atoms with Crippen molar-refractivity contribution in [1.82, 2.24) is 0 Å². The molecule has 1 aromatic carbocycles. The minimum Gasteiger partial charge on any atom is -0.383 e. The maximum Gasteiger partial charge on any atom is 0.113 e. The molecule has 0 aliphatic carbocycles. The first-order chi connectivity index (χ1) is 7.68. The lowest BCUT2D eigenvalue weighted by molar-refractivity contribution is 0.224. The van der Waals surface area contributed by atoms with E-state index in [-0.39, 0.29) is 0 Å². The van der Waals surface area contributed by atoms with Gasteiger partial charge in [-0.15, -0.1) is 11.3 Å². The predicted octanol–water partition coefficient (Wildman–Crippen LogP) is 2.90. The van der Waals surface area contributed by atoms with Gasteiger partial charge in [0, 0.05) is 24.7 Å². The van der Waals surface area contributed by atoms with Crippen molar-refractivity contribution in [2.45, 2.75) is 6.10 Å². The Bertz CT molecular complexity index is 451. The highest BCUT2D eigenvalue weighted by Gasteiger charge is 2.11. The summed E-state index contributed by atoms with van der Waals surface area (Å²) in [6, 6.07) is 11.9. The number of aliphatic hydroxyl groups excluding tert-OH is 1. The first-order valence-electron chi connectivity index (χ1n) is 5.17. The molecule has 3 heteroatoms. The summed E-state index contributed by atoms with van der Waals surface area (Å²) >= 11 is 1.58. The van der Waals surface area contributed by atoms with Gasteiger partial charge in [-0.3, -0.25) is 0 Å². The third-order valence-electron chi connectivity index (χ3n) is 2.52. The van der Waals surface area contributed by atoms with Crippen LogP contribution in [0.2, 0.25) is 0 Å². The molecule has 84 valence electrons. The third kappa shape index (κ3) is 2.26. The minimum absolute atomic E-state index is 0.514. The van der Waals surface area contributed by atoms with Crippen LogP contribution >= 0.6 is 11.3 Å². The first-order valence-corrected chi connectivity index (χ1v) is 6.05. The van der Waals surface area contributed by atoms with Crippen molar-refractivity contribution in [2.75, 3.05) is 19.0 Å². The molecule has 2 nitrogen and oxygen atoms in total. The van der Waals surface area contributed by atoms with E-state index in [1.54, 1.807) is 11.3 Å². The van der Waals surface area contributed by atoms with E-state index < -0.39 is 6.10 Å². The summed E-state index contributed by atoms with van der Waals surface area (Å²) in [4.78, 5) is 3.01. The average Bonchev–Trinajstić information content (AvgIpc) is 2.81. The van der Waals surface area contributed by atoms with E-state index in [1.807, 2.05) is 60.8 Å². The van der Waals surface area contributed by atoms with Gasteiger partial charge in [0.05, 0.1) is 0 Å². The van der Waals surface area contributed by atoms with Gasteiger partial charge in [-0.1, -0.05) is 18.2 Å². The number of benzene rings is 1. The van der Waals surface area contributed by atoms with Gasteiger partial charge in [-0.25, -0.2) is 0 Å². The van der Waals surface area contributed by atoms with Crippen LogP contribution in [0.4, 0.5) is 5.69 Å². The van der Waals surface area contributed by atoms with Crippen molar-refractivity contribution in [3.63, 3.8) is 0 Å². The molecule has 2 aromatic rings. The van der Waals surface area contributed by atoms with Gasteiger partial charge in [-0.05, 0) is 29.1 Å². The van der Waals surface area contributed by atoms with Crippen LogP contribution < -0.4 is 4.90 Å². The van der Waals surface area contributed by atoms with Crippen molar-refractivity contribution in [3.05, 3.63) is 52.2 Å². The van der Waals surface area contributed by atoms with E-state index in [9.17, 15) is 5.11 Å². The van der Waals surface area contributed by atoms with E-state index >= 15 is 0 Å². The maximum atomic E-state index is 10.2. The van der Waals surface area contributed by atoms with Crippen LogP contribution in [-0.2, 0) is 0 Å². The molecule has 0 saturated heterocycles. The topological polar surface area (TPSA) is 23.5 Å². The van der Waals surface area contributed by atoms with Crippen LogP contribution in [0.3, 0.4) is 0 Å². The van der Waals surface area contributed by atoms with E-state index in [0.717, 1.165) is 16.1 Å². The van der Waals surface area contributed by atoms with Crippen molar-refractivity contribution in [1.29, 1.82) is 0 Å². The second-order valence-electron chi connectivity index (χ2n) is 3.91. The Morgan fingerprint density at radius 1 is 1.19 bits per heavy atom. The molecule has 0 spiro atoms. The van der Waals surface area contributed by atoms with Gasteiger partial charge >= 0.3 is 0 Å². The zero-order chi connectivity index (χ0) is 11.5. The van der Waals surface area contributed by atoms with Crippen molar-refractivity contribution >= 4 is 17.0 Å². The molecule has 0 amide bonds. The van der Waals surface area contributed by atoms with Gasteiger partial charge in [-0.2, -0.15) is 0 Å². The lowest BCUT2D eigenvalue weighted by Crippen LogP contribution is -2.09. The molecule has 2 rings (SSSR count). The summed E-state index contributed by atoms with van der Waals surface area (Å²) in [7, 11) is 3.99. The van der Waals surface area contributed by atoms with Crippen molar-refractivity contribution in [3.8, 4) is 0 Å². The van der Waals surface area contributed by atoms with Crippen LogP contribution in [0, 0.1) is 0 Å². The van der Waals surface area contributed by atoms with Crippen LogP contribution in [-0.4, -0.2) is 19.2 Å². The number of anilines is 1.